The van der Waals surface area contributed by atoms with Gasteiger partial charge < -0.3 is 9.59 Å². The number of rotatable bonds is 2. The second-order valence-corrected chi connectivity index (χ2v) is 4.55. The summed E-state index contributed by atoms with van der Waals surface area (Å²) in [5.74, 6) is 0. The van der Waals surface area contributed by atoms with Gasteiger partial charge in [-0.05, 0) is 6.55 Å². The molecule has 0 rings (SSSR count). The van der Waals surface area contributed by atoms with Crippen LogP contribution in [0.3, 0.4) is 0 Å². The van der Waals surface area contributed by atoms with Crippen molar-refractivity contribution >= 4 is 8.56 Å². The van der Waals surface area contributed by atoms with Crippen molar-refractivity contribution in [1.82, 2.24) is 0 Å². The molecule has 0 saturated heterocycles. The molecule has 0 amide bonds. The molecule has 0 spiro atoms. The molecule has 0 aromatic heterocycles. The van der Waals surface area contributed by atoms with E-state index in [1.165, 1.54) is 12.6 Å². The molecule has 42 valence electrons. The average Bonchev–Trinajstić information content (AvgIpc) is 1.30. The Labute approximate surface area is 44.4 Å². The Balaban J connectivity index is 3.34. The van der Waals surface area contributed by atoms with E-state index in [1.807, 2.05) is 0 Å². The topological polar surface area (TPSA) is 40.5 Å². The van der Waals surface area contributed by atoms with Gasteiger partial charge in [-0.3, -0.25) is 0 Å². The number of allylic oxidation sites excluding steroid dienone is 1. The van der Waals surface area contributed by atoms with Crippen molar-refractivity contribution in [3.05, 3.63) is 12.7 Å². The normalized spacial score (nSPS) is 11.3. The van der Waals surface area contributed by atoms with Gasteiger partial charge in [0.1, 0.15) is 0 Å². The summed E-state index contributed by atoms with van der Waals surface area (Å²) in [6.07, 6.45) is 1.52. The van der Waals surface area contributed by atoms with E-state index in [2.05, 4.69) is 6.58 Å². The van der Waals surface area contributed by atoms with Crippen LogP contribution >= 0.6 is 0 Å². The largest absolute Gasteiger partial charge is 0.411 e. The minimum atomic E-state index is -2.78. The third-order valence-corrected chi connectivity index (χ3v) is 1.59. The van der Waals surface area contributed by atoms with E-state index in [-0.39, 0.29) is 0 Å². The molecule has 0 aliphatic carbocycles. The summed E-state index contributed by atoms with van der Waals surface area (Å²) < 4.78 is 0. The first-order chi connectivity index (χ1) is 3.06. The van der Waals surface area contributed by atoms with Gasteiger partial charge in [-0.15, -0.1) is 6.58 Å². The summed E-state index contributed by atoms with van der Waals surface area (Å²) in [6.45, 7) is 4.81. The Hall–Kier alpha value is -0.123. The fourth-order valence-electron chi connectivity index (χ4n) is 0.273. The van der Waals surface area contributed by atoms with Gasteiger partial charge in [-0.25, -0.2) is 0 Å². The predicted molar refractivity (Wildman–Crippen MR) is 31.1 cm³/mol. The first kappa shape index (κ1) is 6.88. The van der Waals surface area contributed by atoms with E-state index >= 15 is 0 Å². The van der Waals surface area contributed by atoms with Gasteiger partial charge in [0.2, 0.25) is 0 Å². The summed E-state index contributed by atoms with van der Waals surface area (Å²) in [4.78, 5) is 17.3. The lowest BCUT2D eigenvalue weighted by Gasteiger charge is -2.05. The van der Waals surface area contributed by atoms with Crippen molar-refractivity contribution in [3.8, 4) is 0 Å². The number of hydrogen-bond acceptors (Lipinski definition) is 2. The van der Waals surface area contributed by atoms with Gasteiger partial charge in [0.15, 0.2) is 0 Å². The van der Waals surface area contributed by atoms with Crippen LogP contribution in [0.4, 0.5) is 0 Å². The van der Waals surface area contributed by atoms with Gasteiger partial charge in [0, 0.05) is 6.04 Å². The molecule has 7 heavy (non-hydrogen) atoms. The zero-order valence-corrected chi connectivity index (χ0v) is 5.39. The maximum Gasteiger partial charge on any atom is 0.333 e. The van der Waals surface area contributed by atoms with E-state index < -0.39 is 8.56 Å². The lowest BCUT2D eigenvalue weighted by molar-refractivity contribution is 0.375. The monoisotopic (exact) mass is 118 g/mol. The Bertz CT molecular complexity index is 64.6. The van der Waals surface area contributed by atoms with Crippen molar-refractivity contribution in [1.29, 1.82) is 0 Å². The molecular weight excluding hydrogens is 108 g/mol. The second-order valence-electron chi connectivity index (χ2n) is 1.71. The van der Waals surface area contributed by atoms with Crippen LogP contribution in [0.15, 0.2) is 12.7 Å². The van der Waals surface area contributed by atoms with Crippen LogP contribution in [0, 0.1) is 0 Å². The summed E-state index contributed by atoms with van der Waals surface area (Å²) in [6, 6.07) is 0.354. The van der Waals surface area contributed by atoms with E-state index in [0.717, 1.165) is 0 Å². The minimum Gasteiger partial charge on any atom is -0.411 e. The van der Waals surface area contributed by atoms with E-state index in [1.54, 1.807) is 0 Å². The lowest BCUT2D eigenvalue weighted by atomic mass is 10.8. The van der Waals surface area contributed by atoms with Crippen molar-refractivity contribution < 1.29 is 9.59 Å². The van der Waals surface area contributed by atoms with Crippen molar-refractivity contribution in [2.75, 3.05) is 0 Å². The van der Waals surface area contributed by atoms with E-state index in [0.29, 0.717) is 6.04 Å². The van der Waals surface area contributed by atoms with Crippen molar-refractivity contribution in [3.63, 3.8) is 0 Å². The minimum absolute atomic E-state index is 0.354. The quantitative estimate of drug-likeness (QED) is 0.402. The Morgan fingerprint density at radius 1 is 1.71 bits per heavy atom. The van der Waals surface area contributed by atoms with Gasteiger partial charge >= 0.3 is 8.56 Å². The number of hydrogen-bond donors (Lipinski definition) is 2. The van der Waals surface area contributed by atoms with Crippen LogP contribution in [0.25, 0.3) is 0 Å². The van der Waals surface area contributed by atoms with Crippen molar-refractivity contribution in [2.45, 2.75) is 12.6 Å². The summed E-state index contributed by atoms with van der Waals surface area (Å²) >= 11 is 0. The van der Waals surface area contributed by atoms with Gasteiger partial charge in [-0.1, -0.05) is 6.08 Å². The summed E-state index contributed by atoms with van der Waals surface area (Å²) in [7, 11) is -2.78. The third kappa shape index (κ3) is 5.88. The fourth-order valence-corrected chi connectivity index (χ4v) is 0.820. The zero-order valence-electron chi connectivity index (χ0n) is 4.39. The first-order valence-corrected chi connectivity index (χ1v) is 4.72. The molecule has 0 unspecified atom stereocenters. The molecule has 2 N–H and O–H groups in total. The molecule has 0 heterocycles. The Morgan fingerprint density at radius 2 is 2.14 bits per heavy atom. The summed E-state index contributed by atoms with van der Waals surface area (Å²) in [5.41, 5.74) is 0. The maximum absolute atomic E-state index is 8.64. The smallest absolute Gasteiger partial charge is 0.333 e. The Kier molecular flexibility index (Phi) is 2.21. The highest BCUT2D eigenvalue weighted by atomic mass is 28.4. The fraction of sp³-hybridized carbons (Fsp3) is 0.500. The van der Waals surface area contributed by atoms with Crippen LogP contribution in [0.5, 0.6) is 0 Å². The first-order valence-electron chi connectivity index (χ1n) is 2.12. The molecule has 3 heteroatoms. The Morgan fingerprint density at radius 3 is 2.14 bits per heavy atom. The molecule has 0 fully saturated rings. The SMILES string of the molecule is C=CC[Si](C)(O)O. The average molecular weight is 118 g/mol. The molecule has 2 nitrogen and oxygen atoms in total. The standard InChI is InChI=1S/C4H10O2Si/c1-3-4-7(2,5)6/h3,5-6H,1,4H2,2H3. The van der Waals surface area contributed by atoms with E-state index in [4.69, 9.17) is 9.59 Å². The molecule has 0 bridgehead atoms. The van der Waals surface area contributed by atoms with Crippen LogP contribution in [-0.2, 0) is 0 Å². The molecule has 0 radical (unpaired) electrons. The molecule has 0 aliphatic rings. The third-order valence-electron chi connectivity index (χ3n) is 0.531. The van der Waals surface area contributed by atoms with Gasteiger partial charge in [0.25, 0.3) is 0 Å². The predicted octanol–water partition coefficient (Wildman–Crippen LogP) is 0.229. The highest BCUT2D eigenvalue weighted by Crippen LogP contribution is 1.98. The molecule has 0 aromatic carbocycles. The van der Waals surface area contributed by atoms with Gasteiger partial charge in [-0.2, -0.15) is 0 Å². The molecule has 0 aliphatic heterocycles. The van der Waals surface area contributed by atoms with Crippen LogP contribution in [0.2, 0.25) is 12.6 Å². The van der Waals surface area contributed by atoms with E-state index in [9.17, 15) is 0 Å². The van der Waals surface area contributed by atoms with Crippen LogP contribution in [0.1, 0.15) is 0 Å². The van der Waals surface area contributed by atoms with Crippen molar-refractivity contribution in [2.24, 2.45) is 0 Å². The zero-order chi connectivity index (χ0) is 5.91. The maximum atomic E-state index is 8.64. The van der Waals surface area contributed by atoms with Gasteiger partial charge in [0.05, 0.1) is 0 Å². The second kappa shape index (κ2) is 2.25. The highest BCUT2D eigenvalue weighted by molar-refractivity contribution is 6.63. The highest BCUT2D eigenvalue weighted by Gasteiger charge is 2.17. The van der Waals surface area contributed by atoms with Crippen LogP contribution < -0.4 is 0 Å². The van der Waals surface area contributed by atoms with Crippen LogP contribution in [-0.4, -0.2) is 18.2 Å². The molecule has 0 atom stereocenters. The molecule has 0 saturated carbocycles. The lowest BCUT2D eigenvalue weighted by Crippen LogP contribution is -2.28. The molecular formula is C4H10O2Si. The molecule has 0 aromatic rings. The summed E-state index contributed by atoms with van der Waals surface area (Å²) in [5, 5.41) is 0.